The molecule has 0 saturated carbocycles. The third-order valence-electron chi connectivity index (χ3n) is 4.35. The Bertz CT molecular complexity index is 736. The van der Waals surface area contributed by atoms with Crippen LogP contribution in [0.3, 0.4) is 0 Å². The molecule has 0 N–H and O–H groups in total. The maximum absolute atomic E-state index is 12.1. The van der Waals surface area contributed by atoms with Crippen molar-refractivity contribution in [2.24, 2.45) is 0 Å². The molecule has 0 aliphatic carbocycles. The van der Waals surface area contributed by atoms with Gasteiger partial charge in [0.25, 0.3) is 5.56 Å². The van der Waals surface area contributed by atoms with Crippen molar-refractivity contribution in [3.05, 3.63) is 33.5 Å². The van der Waals surface area contributed by atoms with Gasteiger partial charge in [-0.2, -0.15) is 5.10 Å². The molecular formula is C16H25N7O. The molecule has 24 heavy (non-hydrogen) atoms. The zero-order valence-corrected chi connectivity index (χ0v) is 14.5. The minimum atomic E-state index is -0.00905. The molecule has 0 amide bonds. The SMILES string of the molecule is CCCCn1nnnc1CN1CCc2nn(CCC)c(=O)cc2C1. The summed E-state index contributed by atoms with van der Waals surface area (Å²) in [6, 6.07) is 1.74. The average Bonchev–Trinajstić information content (AvgIpc) is 3.01. The second-order valence-electron chi connectivity index (χ2n) is 6.31. The lowest BCUT2D eigenvalue weighted by atomic mass is 10.1. The van der Waals surface area contributed by atoms with E-state index in [2.05, 4.69) is 39.4 Å². The van der Waals surface area contributed by atoms with Gasteiger partial charge in [0.1, 0.15) is 0 Å². The molecule has 0 atom stereocenters. The van der Waals surface area contributed by atoms with Crippen molar-refractivity contribution >= 4 is 0 Å². The summed E-state index contributed by atoms with van der Waals surface area (Å²) in [7, 11) is 0. The Labute approximate surface area is 141 Å². The van der Waals surface area contributed by atoms with Crippen molar-refractivity contribution in [3.63, 3.8) is 0 Å². The summed E-state index contributed by atoms with van der Waals surface area (Å²) in [4.78, 5) is 14.4. The van der Waals surface area contributed by atoms with Crippen LogP contribution in [0, 0.1) is 0 Å². The first kappa shape index (κ1) is 16.8. The first-order valence-electron chi connectivity index (χ1n) is 8.78. The molecule has 1 aliphatic heterocycles. The Morgan fingerprint density at radius 3 is 2.83 bits per heavy atom. The summed E-state index contributed by atoms with van der Waals surface area (Å²) in [5, 5.41) is 16.6. The monoisotopic (exact) mass is 331 g/mol. The van der Waals surface area contributed by atoms with Crippen LogP contribution in [0.5, 0.6) is 0 Å². The highest BCUT2D eigenvalue weighted by Crippen LogP contribution is 2.17. The summed E-state index contributed by atoms with van der Waals surface area (Å²) in [5.41, 5.74) is 2.07. The van der Waals surface area contributed by atoms with Gasteiger partial charge >= 0.3 is 0 Å². The van der Waals surface area contributed by atoms with Gasteiger partial charge in [0.15, 0.2) is 5.82 Å². The summed E-state index contributed by atoms with van der Waals surface area (Å²) in [5.74, 6) is 0.888. The molecule has 130 valence electrons. The fourth-order valence-corrected chi connectivity index (χ4v) is 3.02. The fraction of sp³-hybridized carbons (Fsp3) is 0.688. The third kappa shape index (κ3) is 3.69. The van der Waals surface area contributed by atoms with E-state index in [9.17, 15) is 4.79 Å². The molecule has 1 aliphatic rings. The van der Waals surface area contributed by atoms with Crippen LogP contribution in [0.1, 0.15) is 50.2 Å². The van der Waals surface area contributed by atoms with E-state index in [-0.39, 0.29) is 5.56 Å². The van der Waals surface area contributed by atoms with Crippen LogP contribution in [0.4, 0.5) is 0 Å². The van der Waals surface area contributed by atoms with E-state index in [4.69, 9.17) is 0 Å². The second kappa shape index (κ2) is 7.65. The first-order valence-corrected chi connectivity index (χ1v) is 8.78. The minimum absolute atomic E-state index is 0.00905. The van der Waals surface area contributed by atoms with E-state index in [1.165, 1.54) is 0 Å². The van der Waals surface area contributed by atoms with E-state index in [1.54, 1.807) is 10.7 Å². The normalized spacial score (nSPS) is 14.8. The lowest BCUT2D eigenvalue weighted by Gasteiger charge is -2.27. The predicted octanol–water partition coefficient (Wildman–Crippen LogP) is 0.998. The quantitative estimate of drug-likeness (QED) is 0.753. The summed E-state index contributed by atoms with van der Waals surface area (Å²) < 4.78 is 3.47. The lowest BCUT2D eigenvalue weighted by Crippen LogP contribution is -2.35. The smallest absolute Gasteiger partial charge is 0.267 e. The molecule has 0 radical (unpaired) electrons. The largest absolute Gasteiger partial charge is 0.291 e. The molecule has 3 rings (SSSR count). The van der Waals surface area contributed by atoms with Gasteiger partial charge in [-0.15, -0.1) is 5.10 Å². The molecular weight excluding hydrogens is 306 g/mol. The maximum Gasteiger partial charge on any atom is 0.267 e. The molecule has 0 aromatic carbocycles. The first-order chi connectivity index (χ1) is 11.7. The zero-order chi connectivity index (χ0) is 16.9. The number of hydrogen-bond donors (Lipinski definition) is 0. The number of fused-ring (bicyclic) bond motifs is 1. The van der Waals surface area contributed by atoms with Gasteiger partial charge in [0, 0.05) is 38.7 Å². The maximum atomic E-state index is 12.1. The van der Waals surface area contributed by atoms with Crippen LogP contribution in [-0.4, -0.2) is 41.4 Å². The topological polar surface area (TPSA) is 81.7 Å². The van der Waals surface area contributed by atoms with Crippen molar-refractivity contribution < 1.29 is 0 Å². The van der Waals surface area contributed by atoms with Gasteiger partial charge < -0.3 is 0 Å². The van der Waals surface area contributed by atoms with Crippen LogP contribution >= 0.6 is 0 Å². The molecule has 0 spiro atoms. The number of aromatic nitrogens is 6. The molecule has 3 heterocycles. The number of unbranched alkanes of at least 4 members (excludes halogenated alkanes) is 1. The Morgan fingerprint density at radius 2 is 2.04 bits per heavy atom. The van der Waals surface area contributed by atoms with Gasteiger partial charge in [-0.1, -0.05) is 20.3 Å². The number of rotatable bonds is 7. The molecule has 0 unspecified atom stereocenters. The molecule has 0 bridgehead atoms. The van der Waals surface area contributed by atoms with E-state index in [1.807, 2.05) is 4.68 Å². The average molecular weight is 331 g/mol. The number of aryl methyl sites for hydroxylation is 2. The zero-order valence-electron chi connectivity index (χ0n) is 14.5. The predicted molar refractivity (Wildman–Crippen MR) is 89.3 cm³/mol. The van der Waals surface area contributed by atoms with Crippen molar-refractivity contribution in [1.82, 2.24) is 34.9 Å². The van der Waals surface area contributed by atoms with Crippen LogP contribution in [0.2, 0.25) is 0 Å². The number of tetrazole rings is 1. The number of hydrogen-bond acceptors (Lipinski definition) is 6. The van der Waals surface area contributed by atoms with Gasteiger partial charge in [-0.3, -0.25) is 9.69 Å². The molecule has 2 aromatic rings. The van der Waals surface area contributed by atoms with E-state index in [0.717, 1.165) is 62.4 Å². The van der Waals surface area contributed by atoms with Crippen LogP contribution < -0.4 is 5.56 Å². The lowest BCUT2D eigenvalue weighted by molar-refractivity contribution is 0.230. The van der Waals surface area contributed by atoms with E-state index < -0.39 is 0 Å². The molecule has 8 heteroatoms. The Kier molecular flexibility index (Phi) is 5.34. The van der Waals surface area contributed by atoms with Gasteiger partial charge in [-0.25, -0.2) is 9.36 Å². The van der Waals surface area contributed by atoms with Crippen LogP contribution in [0.15, 0.2) is 10.9 Å². The second-order valence-corrected chi connectivity index (χ2v) is 6.31. The molecule has 8 nitrogen and oxygen atoms in total. The van der Waals surface area contributed by atoms with Gasteiger partial charge in [0.05, 0.1) is 12.2 Å². The Hall–Kier alpha value is -2.09. The molecule has 0 fully saturated rings. The Morgan fingerprint density at radius 1 is 1.17 bits per heavy atom. The summed E-state index contributed by atoms with van der Waals surface area (Å²) in [6.07, 6.45) is 3.96. The molecule has 0 saturated heterocycles. The highest BCUT2D eigenvalue weighted by atomic mass is 16.1. The highest BCUT2D eigenvalue weighted by Gasteiger charge is 2.21. The van der Waals surface area contributed by atoms with Crippen LogP contribution in [-0.2, 0) is 32.6 Å². The van der Waals surface area contributed by atoms with E-state index in [0.29, 0.717) is 13.1 Å². The highest BCUT2D eigenvalue weighted by molar-refractivity contribution is 5.20. The van der Waals surface area contributed by atoms with Gasteiger partial charge in [-0.05, 0) is 28.8 Å². The van der Waals surface area contributed by atoms with Crippen LogP contribution in [0.25, 0.3) is 0 Å². The van der Waals surface area contributed by atoms with Crippen molar-refractivity contribution in [2.75, 3.05) is 6.54 Å². The number of nitrogens with zero attached hydrogens (tertiary/aromatic N) is 7. The third-order valence-corrected chi connectivity index (χ3v) is 4.35. The van der Waals surface area contributed by atoms with Gasteiger partial charge in [0.2, 0.25) is 0 Å². The molecule has 2 aromatic heterocycles. The van der Waals surface area contributed by atoms with Crippen molar-refractivity contribution in [1.29, 1.82) is 0 Å². The fourth-order valence-electron chi connectivity index (χ4n) is 3.02. The van der Waals surface area contributed by atoms with E-state index >= 15 is 0 Å². The summed E-state index contributed by atoms with van der Waals surface area (Å²) >= 11 is 0. The minimum Gasteiger partial charge on any atom is -0.291 e. The van der Waals surface area contributed by atoms with Crippen molar-refractivity contribution in [3.8, 4) is 0 Å². The summed E-state index contributed by atoms with van der Waals surface area (Å²) in [6.45, 7) is 8.08. The standard InChI is InChI=1S/C16H25N7O/c1-3-5-8-22-15(17-19-20-22)12-21-9-6-14-13(11-21)10-16(24)23(18-14)7-4-2/h10H,3-9,11-12H2,1-2H3. The Balaban J connectivity index is 1.70. The van der Waals surface area contributed by atoms with Crippen molar-refractivity contribution in [2.45, 2.75) is 65.7 Å².